The molecule has 1 rings (SSSR count). The van der Waals surface area contributed by atoms with E-state index < -0.39 is 5.97 Å². The quantitative estimate of drug-likeness (QED) is 0.781. The van der Waals surface area contributed by atoms with Crippen molar-refractivity contribution in [3.8, 4) is 0 Å². The minimum atomic E-state index is -0.904. The summed E-state index contributed by atoms with van der Waals surface area (Å²) in [6, 6.07) is 1.72. The maximum absolute atomic E-state index is 11.0. The summed E-state index contributed by atoms with van der Waals surface area (Å²) >= 11 is 1.48. The van der Waals surface area contributed by atoms with Gasteiger partial charge in [-0.2, -0.15) is 0 Å². The molecule has 0 saturated heterocycles. The van der Waals surface area contributed by atoms with Gasteiger partial charge in [0.1, 0.15) is 5.03 Å². The Morgan fingerprint density at radius 2 is 2.21 bits per heavy atom. The smallest absolute Gasteiger partial charge is 0.338 e. The molecule has 0 aromatic carbocycles. The second kappa shape index (κ2) is 4.46. The summed E-state index contributed by atoms with van der Waals surface area (Å²) in [6.07, 6.45) is 1.65. The van der Waals surface area contributed by atoms with Crippen molar-refractivity contribution in [3.05, 3.63) is 23.4 Å². The lowest BCUT2D eigenvalue weighted by Gasteiger charge is -2.08. The van der Waals surface area contributed by atoms with Gasteiger partial charge in [0.05, 0.1) is 5.56 Å². The molecule has 0 unspecified atom stereocenters. The van der Waals surface area contributed by atoms with Crippen LogP contribution in [0.3, 0.4) is 0 Å². The minimum absolute atomic E-state index is 0.325. The zero-order chi connectivity index (χ0) is 10.7. The number of nitrogens with zero attached hydrogens (tertiary/aromatic N) is 1. The molecular formula is C10H13NO2S. The summed E-state index contributed by atoms with van der Waals surface area (Å²) in [7, 11) is 0. The number of aromatic nitrogens is 1. The number of thioether (sulfide) groups is 1. The molecule has 0 radical (unpaired) electrons. The van der Waals surface area contributed by atoms with Gasteiger partial charge in [-0.3, -0.25) is 0 Å². The Hall–Kier alpha value is -1.03. The molecule has 0 amide bonds. The van der Waals surface area contributed by atoms with E-state index in [1.54, 1.807) is 19.2 Å². The highest BCUT2D eigenvalue weighted by atomic mass is 32.2. The molecule has 4 heteroatoms. The summed E-state index contributed by atoms with van der Waals surface area (Å²) in [4.78, 5) is 15.1. The molecule has 1 aromatic heterocycles. The van der Waals surface area contributed by atoms with Crippen LogP contribution in [0.15, 0.2) is 17.3 Å². The number of pyridine rings is 1. The number of hydrogen-bond acceptors (Lipinski definition) is 3. The highest BCUT2D eigenvalue weighted by Crippen LogP contribution is 2.26. The van der Waals surface area contributed by atoms with Crippen LogP contribution in [0, 0.1) is 6.92 Å². The number of carbonyl (C=O) groups is 1. The predicted octanol–water partition coefficient (Wildman–Crippen LogP) is 2.59. The average molecular weight is 211 g/mol. The van der Waals surface area contributed by atoms with Gasteiger partial charge in [-0.25, -0.2) is 9.78 Å². The molecule has 0 bridgehead atoms. The number of carboxylic acid groups (broad SMARTS) is 1. The first-order valence-electron chi connectivity index (χ1n) is 4.38. The zero-order valence-corrected chi connectivity index (χ0v) is 9.26. The Morgan fingerprint density at radius 1 is 1.57 bits per heavy atom. The second-order valence-electron chi connectivity index (χ2n) is 3.28. The number of aryl methyl sites for hydroxylation is 1. The standard InChI is InChI=1S/C10H13NO2S/c1-6(2)14-9-8(10(12)13)7(3)4-5-11-9/h4-6H,1-3H3,(H,12,13). The lowest BCUT2D eigenvalue weighted by molar-refractivity contribution is 0.0691. The number of hydrogen-bond donors (Lipinski definition) is 1. The molecule has 0 spiro atoms. The van der Waals surface area contributed by atoms with Crippen molar-refractivity contribution in [2.45, 2.75) is 31.0 Å². The van der Waals surface area contributed by atoms with Crippen LogP contribution in [0.2, 0.25) is 0 Å². The van der Waals surface area contributed by atoms with E-state index in [4.69, 9.17) is 5.11 Å². The molecule has 0 fully saturated rings. The largest absolute Gasteiger partial charge is 0.478 e. The summed E-state index contributed by atoms with van der Waals surface area (Å²) in [5, 5.41) is 9.95. The van der Waals surface area contributed by atoms with E-state index in [0.717, 1.165) is 5.56 Å². The topological polar surface area (TPSA) is 50.2 Å². The molecule has 1 N–H and O–H groups in total. The SMILES string of the molecule is Cc1ccnc(SC(C)C)c1C(=O)O. The van der Waals surface area contributed by atoms with Crippen LogP contribution in [0.25, 0.3) is 0 Å². The Morgan fingerprint density at radius 3 is 2.71 bits per heavy atom. The Kier molecular flexibility index (Phi) is 3.52. The first kappa shape index (κ1) is 11.0. The van der Waals surface area contributed by atoms with Gasteiger partial charge in [-0.15, -0.1) is 11.8 Å². The van der Waals surface area contributed by atoms with Crippen LogP contribution in [-0.2, 0) is 0 Å². The summed E-state index contributed by atoms with van der Waals surface area (Å²) in [6.45, 7) is 5.82. The van der Waals surface area contributed by atoms with E-state index in [2.05, 4.69) is 4.98 Å². The predicted molar refractivity (Wildman–Crippen MR) is 56.9 cm³/mol. The number of aromatic carboxylic acids is 1. The molecule has 1 heterocycles. The molecule has 0 atom stereocenters. The van der Waals surface area contributed by atoms with Crippen molar-refractivity contribution < 1.29 is 9.90 Å². The summed E-state index contributed by atoms with van der Waals surface area (Å²) in [5.41, 5.74) is 1.09. The third kappa shape index (κ3) is 2.48. The third-order valence-corrected chi connectivity index (χ3v) is 2.69. The van der Waals surface area contributed by atoms with E-state index in [1.807, 2.05) is 13.8 Å². The monoisotopic (exact) mass is 211 g/mol. The highest BCUT2D eigenvalue weighted by molar-refractivity contribution is 7.99. The molecule has 14 heavy (non-hydrogen) atoms. The lowest BCUT2D eigenvalue weighted by Crippen LogP contribution is -2.05. The van der Waals surface area contributed by atoms with Crippen molar-refractivity contribution in [2.24, 2.45) is 0 Å². The fourth-order valence-corrected chi connectivity index (χ4v) is 2.04. The van der Waals surface area contributed by atoms with Crippen LogP contribution in [0.1, 0.15) is 29.8 Å². The molecule has 0 aliphatic rings. The normalized spacial score (nSPS) is 10.6. The molecule has 1 aromatic rings. The van der Waals surface area contributed by atoms with E-state index in [0.29, 0.717) is 15.8 Å². The van der Waals surface area contributed by atoms with Gasteiger partial charge in [0, 0.05) is 11.4 Å². The van der Waals surface area contributed by atoms with Crippen molar-refractivity contribution in [1.82, 2.24) is 4.98 Å². The van der Waals surface area contributed by atoms with E-state index in [-0.39, 0.29) is 0 Å². The van der Waals surface area contributed by atoms with Gasteiger partial charge >= 0.3 is 5.97 Å². The average Bonchev–Trinajstić information content (AvgIpc) is 2.01. The van der Waals surface area contributed by atoms with Gasteiger partial charge in [0.2, 0.25) is 0 Å². The maximum atomic E-state index is 11.0. The van der Waals surface area contributed by atoms with E-state index >= 15 is 0 Å². The zero-order valence-electron chi connectivity index (χ0n) is 8.44. The van der Waals surface area contributed by atoms with Crippen molar-refractivity contribution in [1.29, 1.82) is 0 Å². The minimum Gasteiger partial charge on any atom is -0.478 e. The van der Waals surface area contributed by atoms with Crippen LogP contribution >= 0.6 is 11.8 Å². The fourth-order valence-electron chi connectivity index (χ4n) is 1.11. The highest BCUT2D eigenvalue weighted by Gasteiger charge is 2.15. The molecule has 76 valence electrons. The third-order valence-electron chi connectivity index (χ3n) is 1.69. The fraction of sp³-hybridized carbons (Fsp3) is 0.400. The first-order chi connectivity index (χ1) is 6.52. The Bertz CT molecular complexity index is 350. The second-order valence-corrected chi connectivity index (χ2v) is 4.84. The van der Waals surface area contributed by atoms with Crippen LogP contribution < -0.4 is 0 Å². The maximum Gasteiger partial charge on any atom is 0.338 e. The van der Waals surface area contributed by atoms with Crippen LogP contribution in [0.4, 0.5) is 0 Å². The van der Waals surface area contributed by atoms with Gasteiger partial charge in [-0.1, -0.05) is 13.8 Å². The van der Waals surface area contributed by atoms with Crippen LogP contribution in [-0.4, -0.2) is 21.3 Å². The van der Waals surface area contributed by atoms with Gasteiger partial charge in [-0.05, 0) is 18.6 Å². The molecule has 0 saturated carbocycles. The molecule has 0 aliphatic carbocycles. The van der Waals surface area contributed by atoms with Gasteiger partial charge < -0.3 is 5.11 Å². The molecule has 3 nitrogen and oxygen atoms in total. The number of rotatable bonds is 3. The van der Waals surface area contributed by atoms with E-state index in [9.17, 15) is 4.79 Å². The summed E-state index contributed by atoms with van der Waals surface area (Å²) < 4.78 is 0. The first-order valence-corrected chi connectivity index (χ1v) is 5.26. The summed E-state index contributed by atoms with van der Waals surface area (Å²) in [5.74, 6) is -0.904. The van der Waals surface area contributed by atoms with Crippen molar-refractivity contribution in [3.63, 3.8) is 0 Å². The Balaban J connectivity index is 3.14. The van der Waals surface area contributed by atoms with E-state index in [1.165, 1.54) is 11.8 Å². The van der Waals surface area contributed by atoms with Gasteiger partial charge in [0.25, 0.3) is 0 Å². The van der Waals surface area contributed by atoms with Crippen LogP contribution in [0.5, 0.6) is 0 Å². The van der Waals surface area contributed by atoms with Crippen molar-refractivity contribution >= 4 is 17.7 Å². The molecule has 0 aliphatic heterocycles. The number of carboxylic acids is 1. The van der Waals surface area contributed by atoms with Crippen molar-refractivity contribution in [2.75, 3.05) is 0 Å². The Labute approximate surface area is 87.6 Å². The molecular weight excluding hydrogens is 198 g/mol. The van der Waals surface area contributed by atoms with Gasteiger partial charge in [0.15, 0.2) is 0 Å². The lowest BCUT2D eigenvalue weighted by atomic mass is 10.2.